The van der Waals surface area contributed by atoms with Crippen molar-refractivity contribution >= 4 is 33.4 Å². The van der Waals surface area contributed by atoms with E-state index in [0.717, 1.165) is 55.1 Å². The lowest BCUT2D eigenvalue weighted by atomic mass is 10.1. The zero-order valence-electron chi connectivity index (χ0n) is 18.4. The van der Waals surface area contributed by atoms with Crippen molar-refractivity contribution in [3.8, 4) is 0 Å². The van der Waals surface area contributed by atoms with Crippen LogP contribution in [0.15, 0.2) is 48.5 Å². The monoisotopic (exact) mass is 425 g/mol. The van der Waals surface area contributed by atoms with E-state index in [1.165, 1.54) is 37.2 Å². The van der Waals surface area contributed by atoms with Crippen LogP contribution in [0.5, 0.6) is 0 Å². The van der Waals surface area contributed by atoms with Gasteiger partial charge in [0, 0.05) is 51.4 Å². The van der Waals surface area contributed by atoms with Crippen LogP contribution < -0.4 is 4.57 Å². The van der Waals surface area contributed by atoms with Crippen molar-refractivity contribution in [3.63, 3.8) is 0 Å². The Hall–Kier alpha value is -1.72. The molecule has 4 rings (SSSR count). The number of piperazine rings is 1. The molecule has 2 heterocycles. The van der Waals surface area contributed by atoms with Crippen molar-refractivity contribution in [3.05, 3.63) is 53.6 Å². The predicted octanol–water partition coefficient (Wildman–Crippen LogP) is 3.89. The zero-order chi connectivity index (χ0) is 20.9. The molecule has 1 fully saturated rings. The van der Waals surface area contributed by atoms with Crippen molar-refractivity contribution < 1.29 is 4.57 Å². The Morgan fingerprint density at radius 1 is 0.800 bits per heavy atom. The normalized spacial score (nSPS) is 16.1. The van der Waals surface area contributed by atoms with E-state index >= 15 is 0 Å². The van der Waals surface area contributed by atoms with Crippen LogP contribution in [-0.2, 0) is 6.54 Å². The molecule has 0 radical (unpaired) electrons. The summed E-state index contributed by atoms with van der Waals surface area (Å²) in [5.41, 5.74) is 2.44. The minimum Gasteiger partial charge on any atom is -0.303 e. The second-order valence-electron chi connectivity index (χ2n) is 8.21. The molecule has 1 aliphatic rings. The summed E-state index contributed by atoms with van der Waals surface area (Å²) in [5, 5.41) is 3.14. The lowest BCUT2D eigenvalue weighted by Gasteiger charge is -2.35. The van der Waals surface area contributed by atoms with E-state index in [4.69, 9.17) is 11.6 Å². The summed E-state index contributed by atoms with van der Waals surface area (Å²) in [7, 11) is 0. The fourth-order valence-corrected chi connectivity index (χ4v) is 4.93. The Morgan fingerprint density at radius 2 is 1.30 bits per heavy atom. The molecule has 4 nitrogen and oxygen atoms in total. The molecule has 0 saturated carbocycles. The Morgan fingerprint density at radius 3 is 1.83 bits per heavy atom. The number of para-hydroxylation sites is 2. The highest BCUT2D eigenvalue weighted by molar-refractivity contribution is 6.39. The number of rotatable bonds is 8. The van der Waals surface area contributed by atoms with Gasteiger partial charge < -0.3 is 4.90 Å². The Bertz CT molecular complexity index is 920. The predicted molar refractivity (Wildman–Crippen MR) is 127 cm³/mol. The topological polar surface area (TPSA) is 13.6 Å². The average molecular weight is 426 g/mol. The highest BCUT2D eigenvalue weighted by Gasteiger charge is 2.22. The van der Waals surface area contributed by atoms with Gasteiger partial charge in [-0.15, -0.1) is 0 Å². The number of fused-ring (bicyclic) bond motifs is 2. The summed E-state index contributed by atoms with van der Waals surface area (Å²) in [6.07, 6.45) is 0. The van der Waals surface area contributed by atoms with Gasteiger partial charge in [-0.25, -0.2) is 0 Å². The van der Waals surface area contributed by atoms with E-state index in [2.05, 4.69) is 81.6 Å². The van der Waals surface area contributed by atoms with Gasteiger partial charge in [-0.1, -0.05) is 49.7 Å². The third kappa shape index (κ3) is 4.62. The van der Waals surface area contributed by atoms with Crippen LogP contribution in [0.4, 0.5) is 0 Å². The highest BCUT2D eigenvalue weighted by atomic mass is 35.5. The molecule has 0 amide bonds. The van der Waals surface area contributed by atoms with Crippen LogP contribution in [0, 0.1) is 0 Å². The van der Waals surface area contributed by atoms with E-state index in [1.807, 2.05) is 0 Å². The average Bonchev–Trinajstić information content (AvgIpc) is 2.80. The van der Waals surface area contributed by atoms with E-state index < -0.39 is 0 Å². The van der Waals surface area contributed by atoms with Gasteiger partial charge in [-0.2, -0.15) is 4.57 Å². The van der Waals surface area contributed by atoms with Crippen molar-refractivity contribution in [1.29, 1.82) is 0 Å². The molecule has 0 bridgehead atoms. The molecule has 0 aliphatic carbocycles. The number of nitrogens with zero attached hydrogens (tertiary/aromatic N) is 4. The number of likely N-dealkylation sites (N-methyl/N-ethyl adjacent to an activating group) is 1. The van der Waals surface area contributed by atoms with E-state index in [0.29, 0.717) is 0 Å². The molecule has 0 spiro atoms. The van der Waals surface area contributed by atoms with Gasteiger partial charge in [0.05, 0.1) is 22.3 Å². The summed E-state index contributed by atoms with van der Waals surface area (Å²) in [6, 6.07) is 17.0. The standard InChI is InChI=1S/C25H34ClN4/c1-3-27(4-2)13-14-28-15-17-29(18-16-28)19-20-30-23-11-7-5-9-21(23)25(26)22-10-6-8-12-24(22)30/h5-12H,3-4,13-20H2,1-2H3/q+1. The summed E-state index contributed by atoms with van der Waals surface area (Å²) in [6.45, 7) is 15.9. The fourth-order valence-electron chi connectivity index (χ4n) is 4.61. The van der Waals surface area contributed by atoms with E-state index in [-0.39, 0.29) is 0 Å². The Labute approximate surface area is 185 Å². The first-order valence-electron chi connectivity index (χ1n) is 11.4. The van der Waals surface area contributed by atoms with Gasteiger partial charge in [0.2, 0.25) is 11.0 Å². The molecular formula is C25H34ClN4+. The second kappa shape index (κ2) is 10.1. The number of pyridine rings is 1. The molecule has 30 heavy (non-hydrogen) atoms. The van der Waals surface area contributed by atoms with Crippen LogP contribution in [0.3, 0.4) is 0 Å². The van der Waals surface area contributed by atoms with Crippen LogP contribution in [0.2, 0.25) is 5.02 Å². The van der Waals surface area contributed by atoms with Crippen molar-refractivity contribution in [2.24, 2.45) is 0 Å². The maximum Gasteiger partial charge on any atom is 0.214 e. The first-order valence-corrected chi connectivity index (χ1v) is 11.7. The molecule has 0 atom stereocenters. The molecule has 1 aromatic heterocycles. The van der Waals surface area contributed by atoms with Crippen molar-refractivity contribution in [2.75, 3.05) is 58.9 Å². The summed E-state index contributed by atoms with van der Waals surface area (Å²) in [5.74, 6) is 0. The minimum atomic E-state index is 0.860. The number of aromatic nitrogens is 1. The smallest absolute Gasteiger partial charge is 0.214 e. The third-order valence-corrected chi connectivity index (χ3v) is 7.00. The molecule has 2 aromatic carbocycles. The fraction of sp³-hybridized carbons (Fsp3) is 0.480. The van der Waals surface area contributed by atoms with Crippen LogP contribution in [0.1, 0.15) is 13.8 Å². The Balaban J connectivity index is 1.43. The molecule has 0 N–H and O–H groups in total. The third-order valence-electron chi connectivity index (χ3n) is 6.59. The Kier molecular flexibility index (Phi) is 7.21. The minimum absolute atomic E-state index is 0.860. The molecule has 1 aliphatic heterocycles. The molecular weight excluding hydrogens is 392 g/mol. The van der Waals surface area contributed by atoms with Gasteiger partial charge in [0.15, 0.2) is 6.54 Å². The SMILES string of the molecule is CCN(CC)CCN1CCN(CC[n+]2c3ccccc3c(Cl)c3ccccc32)CC1. The van der Waals surface area contributed by atoms with Crippen LogP contribution >= 0.6 is 11.6 Å². The number of benzene rings is 2. The van der Waals surface area contributed by atoms with Gasteiger partial charge >= 0.3 is 0 Å². The first kappa shape index (κ1) is 21.5. The molecule has 0 unspecified atom stereocenters. The van der Waals surface area contributed by atoms with Crippen LogP contribution in [0.25, 0.3) is 21.8 Å². The van der Waals surface area contributed by atoms with Gasteiger partial charge in [0.25, 0.3) is 0 Å². The number of hydrogen-bond acceptors (Lipinski definition) is 3. The summed E-state index contributed by atoms with van der Waals surface area (Å²) >= 11 is 6.75. The van der Waals surface area contributed by atoms with Gasteiger partial charge in [0.1, 0.15) is 0 Å². The molecule has 160 valence electrons. The number of hydrogen-bond donors (Lipinski definition) is 0. The molecule has 3 aromatic rings. The first-order chi connectivity index (χ1) is 14.7. The van der Waals surface area contributed by atoms with E-state index in [9.17, 15) is 0 Å². The maximum atomic E-state index is 6.75. The quantitative estimate of drug-likeness (QED) is 0.401. The van der Waals surface area contributed by atoms with Crippen molar-refractivity contribution in [1.82, 2.24) is 14.7 Å². The summed E-state index contributed by atoms with van der Waals surface area (Å²) < 4.78 is 2.45. The maximum absolute atomic E-state index is 6.75. The van der Waals surface area contributed by atoms with E-state index in [1.54, 1.807) is 0 Å². The van der Waals surface area contributed by atoms with Crippen LogP contribution in [-0.4, -0.2) is 73.6 Å². The number of halogens is 1. The lowest BCUT2D eigenvalue weighted by Crippen LogP contribution is -2.51. The molecule has 5 heteroatoms. The zero-order valence-corrected chi connectivity index (χ0v) is 19.1. The second-order valence-corrected chi connectivity index (χ2v) is 8.59. The largest absolute Gasteiger partial charge is 0.303 e. The van der Waals surface area contributed by atoms with Gasteiger partial charge in [-0.3, -0.25) is 9.80 Å². The van der Waals surface area contributed by atoms with Crippen molar-refractivity contribution in [2.45, 2.75) is 20.4 Å². The van der Waals surface area contributed by atoms with Gasteiger partial charge in [-0.05, 0) is 25.2 Å². The summed E-state index contributed by atoms with van der Waals surface area (Å²) in [4.78, 5) is 7.74. The molecule has 1 saturated heterocycles. The lowest BCUT2D eigenvalue weighted by molar-refractivity contribution is -0.645. The highest BCUT2D eigenvalue weighted by Crippen LogP contribution is 2.29.